The molecule has 2 N–H and O–H groups in total. The number of hydrogen-bond acceptors (Lipinski definition) is 6. The summed E-state index contributed by atoms with van der Waals surface area (Å²) in [5.74, 6) is -1.92. The number of rotatable bonds is 8. The summed E-state index contributed by atoms with van der Waals surface area (Å²) < 4.78 is 34.7. The Balaban J connectivity index is 1.64. The van der Waals surface area contributed by atoms with Crippen LogP contribution in [0.4, 0.5) is 5.69 Å². The van der Waals surface area contributed by atoms with Crippen LogP contribution in [0.3, 0.4) is 0 Å². The molecule has 0 fully saturated rings. The van der Waals surface area contributed by atoms with E-state index in [4.69, 9.17) is 4.74 Å². The van der Waals surface area contributed by atoms with Crippen molar-refractivity contribution >= 4 is 38.4 Å². The molecule has 1 aliphatic heterocycles. The normalized spacial score (nSPS) is 18.4. The molecule has 0 bridgehead atoms. The summed E-state index contributed by atoms with van der Waals surface area (Å²) in [7, 11) is -4.39. The number of fused-ring (bicyclic) bond motifs is 2. The molecule has 2 atom stereocenters. The molecule has 0 unspecified atom stereocenters. The molecular weight excluding hydrogens is 528 g/mol. The van der Waals surface area contributed by atoms with Crippen molar-refractivity contribution in [2.45, 2.75) is 43.4 Å². The molecular formula is C31H30N2O6S. The summed E-state index contributed by atoms with van der Waals surface area (Å²) in [6, 6.07) is 26.0. The van der Waals surface area contributed by atoms with E-state index in [9.17, 15) is 23.1 Å². The van der Waals surface area contributed by atoms with Crippen molar-refractivity contribution in [3.05, 3.63) is 108 Å². The van der Waals surface area contributed by atoms with Gasteiger partial charge in [0.15, 0.2) is 5.54 Å². The lowest BCUT2D eigenvalue weighted by molar-refractivity contribution is -0.169. The Hall–Kier alpha value is -4.05. The molecule has 5 rings (SSSR count). The third kappa shape index (κ3) is 4.36. The highest BCUT2D eigenvalue weighted by molar-refractivity contribution is 7.89. The molecule has 0 spiro atoms. The van der Waals surface area contributed by atoms with Crippen molar-refractivity contribution in [2.24, 2.45) is 0 Å². The number of benzene rings is 4. The number of sulfonamides is 1. The molecule has 1 amide bonds. The van der Waals surface area contributed by atoms with Crippen LogP contribution >= 0.6 is 0 Å². The van der Waals surface area contributed by atoms with Gasteiger partial charge in [0.25, 0.3) is 5.91 Å². The standard InChI is InChI=1S/C31H30N2O6S/c1-4-39-29(35)30(3,32-40(37,38)24-18-16-21(2)17-19-24)31(36)26-14-7-8-15-27(26)33(28(31)34)20-23-12-9-11-22-10-5-6-13-25(22)23/h5-19,32,36H,4,20H2,1-3H3/t30-,31-/m0/s1. The summed E-state index contributed by atoms with van der Waals surface area (Å²) in [6.45, 7) is 4.56. The van der Waals surface area contributed by atoms with E-state index in [0.29, 0.717) is 5.69 Å². The minimum absolute atomic E-state index is 0.0864. The second-order valence-corrected chi connectivity index (χ2v) is 11.7. The average molecular weight is 559 g/mol. The molecule has 206 valence electrons. The first kappa shape index (κ1) is 27.5. The number of nitrogens with zero attached hydrogens (tertiary/aromatic N) is 1. The first-order valence-corrected chi connectivity index (χ1v) is 14.4. The van der Waals surface area contributed by atoms with Gasteiger partial charge in [-0.2, -0.15) is 4.72 Å². The van der Waals surface area contributed by atoms with Gasteiger partial charge in [-0.3, -0.25) is 4.79 Å². The van der Waals surface area contributed by atoms with Gasteiger partial charge in [-0.15, -0.1) is 0 Å². The van der Waals surface area contributed by atoms with Crippen LogP contribution < -0.4 is 9.62 Å². The lowest BCUT2D eigenvalue weighted by Crippen LogP contribution is -2.68. The maximum absolute atomic E-state index is 14.3. The van der Waals surface area contributed by atoms with Gasteiger partial charge in [0, 0.05) is 5.56 Å². The Morgan fingerprint density at radius 1 is 0.975 bits per heavy atom. The number of anilines is 1. The lowest BCUT2D eigenvalue weighted by atomic mass is 9.77. The fourth-order valence-corrected chi connectivity index (χ4v) is 6.64. The summed E-state index contributed by atoms with van der Waals surface area (Å²) in [5.41, 5.74) is -2.89. The Morgan fingerprint density at radius 2 is 1.62 bits per heavy atom. The number of esters is 1. The number of para-hydroxylation sites is 1. The average Bonchev–Trinajstić information content (AvgIpc) is 3.16. The molecule has 0 saturated carbocycles. The minimum Gasteiger partial charge on any atom is -0.464 e. The quantitative estimate of drug-likeness (QED) is 0.314. The van der Waals surface area contributed by atoms with Crippen LogP contribution in [-0.2, 0) is 36.5 Å². The zero-order valence-corrected chi connectivity index (χ0v) is 23.2. The molecule has 4 aromatic rings. The van der Waals surface area contributed by atoms with Gasteiger partial charge in [0.1, 0.15) is 0 Å². The molecule has 8 nitrogen and oxygen atoms in total. The molecule has 1 aliphatic rings. The van der Waals surface area contributed by atoms with Crippen molar-refractivity contribution in [2.75, 3.05) is 11.5 Å². The van der Waals surface area contributed by atoms with Crippen molar-refractivity contribution in [3.63, 3.8) is 0 Å². The second kappa shape index (κ2) is 10.2. The number of carbonyl (C=O) groups is 2. The highest BCUT2D eigenvalue weighted by atomic mass is 32.2. The van der Waals surface area contributed by atoms with Crippen LogP contribution in [0, 0.1) is 6.92 Å². The zero-order chi connectivity index (χ0) is 28.7. The number of ether oxygens (including phenoxy) is 1. The molecule has 9 heteroatoms. The topological polar surface area (TPSA) is 113 Å². The van der Waals surface area contributed by atoms with Gasteiger partial charge in [-0.25, -0.2) is 13.2 Å². The Kier molecular flexibility index (Phi) is 6.99. The molecule has 0 radical (unpaired) electrons. The van der Waals surface area contributed by atoms with E-state index in [0.717, 1.165) is 21.9 Å². The lowest BCUT2D eigenvalue weighted by Gasteiger charge is -2.39. The Labute approximate surface area is 233 Å². The third-order valence-corrected chi connectivity index (χ3v) is 8.99. The summed E-state index contributed by atoms with van der Waals surface area (Å²) >= 11 is 0. The molecule has 0 saturated heterocycles. The zero-order valence-electron chi connectivity index (χ0n) is 22.4. The smallest absolute Gasteiger partial charge is 0.330 e. The van der Waals surface area contributed by atoms with Crippen molar-refractivity contribution in [1.29, 1.82) is 0 Å². The van der Waals surface area contributed by atoms with Gasteiger partial charge < -0.3 is 14.7 Å². The van der Waals surface area contributed by atoms with Crippen molar-refractivity contribution in [3.8, 4) is 0 Å². The van der Waals surface area contributed by atoms with Gasteiger partial charge in [0.05, 0.1) is 23.7 Å². The van der Waals surface area contributed by atoms with E-state index in [2.05, 4.69) is 4.72 Å². The van der Waals surface area contributed by atoms with Crippen LogP contribution in [-0.4, -0.2) is 37.5 Å². The van der Waals surface area contributed by atoms with E-state index < -0.39 is 33.0 Å². The predicted octanol–water partition coefficient (Wildman–Crippen LogP) is 4.18. The number of hydrogen-bond donors (Lipinski definition) is 2. The van der Waals surface area contributed by atoms with Gasteiger partial charge >= 0.3 is 5.97 Å². The summed E-state index contributed by atoms with van der Waals surface area (Å²) in [4.78, 5) is 29.1. The van der Waals surface area contributed by atoms with E-state index >= 15 is 0 Å². The minimum atomic E-state index is -4.39. The maximum Gasteiger partial charge on any atom is 0.330 e. The highest BCUT2D eigenvalue weighted by Gasteiger charge is 2.66. The number of carbonyl (C=O) groups excluding carboxylic acids is 2. The van der Waals surface area contributed by atoms with E-state index in [-0.39, 0.29) is 23.6 Å². The molecule has 0 aromatic heterocycles. The number of aryl methyl sites for hydroxylation is 1. The largest absolute Gasteiger partial charge is 0.464 e. The Morgan fingerprint density at radius 3 is 2.35 bits per heavy atom. The first-order valence-electron chi connectivity index (χ1n) is 12.9. The van der Waals surface area contributed by atoms with Crippen LogP contribution in [0.1, 0.15) is 30.5 Å². The molecule has 40 heavy (non-hydrogen) atoms. The number of aliphatic hydroxyl groups is 1. The SMILES string of the molecule is CCOC(=O)[C@](C)(NS(=O)(=O)c1ccc(C)cc1)[C@@]1(O)C(=O)N(Cc2cccc3ccccc23)c2ccccc21. The van der Waals surface area contributed by atoms with Gasteiger partial charge in [-0.05, 0) is 55.3 Å². The summed E-state index contributed by atoms with van der Waals surface area (Å²) in [6.07, 6.45) is 0. The maximum atomic E-state index is 14.3. The first-order chi connectivity index (χ1) is 19.0. The van der Waals surface area contributed by atoms with Crippen LogP contribution in [0.25, 0.3) is 10.8 Å². The van der Waals surface area contributed by atoms with E-state index in [1.54, 1.807) is 37.3 Å². The Bertz CT molecular complexity index is 1710. The fourth-order valence-electron chi connectivity index (χ4n) is 5.26. The molecule has 4 aromatic carbocycles. The second-order valence-electron chi connectivity index (χ2n) is 10.0. The van der Waals surface area contributed by atoms with Crippen LogP contribution in [0.2, 0.25) is 0 Å². The fraction of sp³-hybridized carbons (Fsp3) is 0.226. The van der Waals surface area contributed by atoms with Crippen molar-refractivity contribution < 1.29 is 27.9 Å². The molecule has 1 heterocycles. The van der Waals surface area contributed by atoms with E-state index in [1.807, 2.05) is 49.4 Å². The number of amides is 1. The number of nitrogens with one attached hydrogen (secondary N) is 1. The van der Waals surface area contributed by atoms with E-state index in [1.165, 1.54) is 30.0 Å². The third-order valence-electron chi connectivity index (χ3n) is 7.42. The van der Waals surface area contributed by atoms with Gasteiger partial charge in [-0.1, -0.05) is 78.4 Å². The molecule has 0 aliphatic carbocycles. The highest BCUT2D eigenvalue weighted by Crippen LogP contribution is 2.48. The van der Waals surface area contributed by atoms with Crippen LogP contribution in [0.15, 0.2) is 95.9 Å². The monoisotopic (exact) mass is 558 g/mol. The summed E-state index contributed by atoms with van der Waals surface area (Å²) in [5, 5.41) is 14.2. The predicted molar refractivity (Wildman–Crippen MR) is 152 cm³/mol. The van der Waals surface area contributed by atoms with Crippen LogP contribution in [0.5, 0.6) is 0 Å². The van der Waals surface area contributed by atoms with Gasteiger partial charge in [0.2, 0.25) is 15.6 Å². The van der Waals surface area contributed by atoms with Crippen molar-refractivity contribution in [1.82, 2.24) is 4.72 Å².